The van der Waals surface area contributed by atoms with Gasteiger partial charge in [-0.25, -0.2) is 9.59 Å². The fourth-order valence-corrected chi connectivity index (χ4v) is 4.75. The molecule has 1 aliphatic carbocycles. The van der Waals surface area contributed by atoms with Crippen LogP contribution in [0.2, 0.25) is 0 Å². The number of aromatic hydroxyl groups is 1. The Morgan fingerprint density at radius 1 is 0.935 bits per heavy atom. The van der Waals surface area contributed by atoms with Crippen molar-refractivity contribution in [1.82, 2.24) is 4.90 Å². The van der Waals surface area contributed by atoms with E-state index in [1.165, 1.54) is 11.0 Å². The van der Waals surface area contributed by atoms with Crippen molar-refractivity contribution in [2.45, 2.75) is 18.4 Å². The van der Waals surface area contributed by atoms with E-state index < -0.39 is 18.1 Å². The van der Waals surface area contributed by atoms with Gasteiger partial charge in [-0.3, -0.25) is 4.90 Å². The first kappa shape index (κ1) is 19.2. The molecule has 6 nitrogen and oxygen atoms in total. The summed E-state index contributed by atoms with van der Waals surface area (Å²) in [4.78, 5) is 26.2. The molecule has 3 aromatic carbocycles. The summed E-state index contributed by atoms with van der Waals surface area (Å²) in [6, 6.07) is 19.5. The molecule has 31 heavy (non-hydrogen) atoms. The molecule has 0 radical (unpaired) electrons. The Morgan fingerprint density at radius 3 is 2.23 bits per heavy atom. The van der Waals surface area contributed by atoms with Crippen LogP contribution in [0.4, 0.5) is 4.79 Å². The van der Waals surface area contributed by atoms with Crippen molar-refractivity contribution in [3.05, 3.63) is 89.0 Å². The maximum Gasteiger partial charge on any atom is 0.410 e. The number of carboxylic acid groups (broad SMARTS) is 1. The molecular formula is C25H21NO5. The van der Waals surface area contributed by atoms with E-state index in [4.69, 9.17) is 4.74 Å². The van der Waals surface area contributed by atoms with Crippen LogP contribution in [0.1, 0.15) is 34.2 Å². The van der Waals surface area contributed by atoms with E-state index in [1.807, 2.05) is 36.4 Å². The third-order valence-corrected chi connectivity index (χ3v) is 6.16. The van der Waals surface area contributed by atoms with Gasteiger partial charge in [-0.05, 0) is 51.9 Å². The van der Waals surface area contributed by atoms with Gasteiger partial charge in [-0.1, -0.05) is 54.6 Å². The molecule has 6 heteroatoms. The van der Waals surface area contributed by atoms with E-state index in [0.717, 1.165) is 27.8 Å². The molecule has 0 spiro atoms. The number of carbonyl (C=O) groups excluding carboxylic acids is 1. The summed E-state index contributed by atoms with van der Waals surface area (Å²) in [7, 11) is 0. The fraction of sp³-hybridized carbons (Fsp3) is 0.200. The quantitative estimate of drug-likeness (QED) is 0.665. The molecule has 2 aliphatic rings. The van der Waals surface area contributed by atoms with Crippen LogP contribution in [0.25, 0.3) is 11.1 Å². The summed E-state index contributed by atoms with van der Waals surface area (Å²) in [6.45, 7) is 0.349. The molecule has 1 atom stereocenters. The van der Waals surface area contributed by atoms with Gasteiger partial charge in [0.2, 0.25) is 0 Å². The predicted octanol–water partition coefficient (Wildman–Crippen LogP) is 4.33. The molecule has 0 aromatic heterocycles. The first-order valence-electron chi connectivity index (χ1n) is 10.2. The Hall–Kier alpha value is -3.80. The number of phenols is 1. The molecule has 2 N–H and O–H groups in total. The molecule has 1 unspecified atom stereocenters. The Balaban J connectivity index is 1.39. The van der Waals surface area contributed by atoms with Crippen LogP contribution >= 0.6 is 0 Å². The predicted molar refractivity (Wildman–Crippen MR) is 114 cm³/mol. The normalized spacial score (nSPS) is 16.9. The Labute approximate surface area is 179 Å². The van der Waals surface area contributed by atoms with Crippen molar-refractivity contribution in [2.24, 2.45) is 0 Å². The van der Waals surface area contributed by atoms with Crippen LogP contribution < -0.4 is 0 Å². The largest absolute Gasteiger partial charge is 0.508 e. The molecule has 0 fully saturated rings. The summed E-state index contributed by atoms with van der Waals surface area (Å²) in [5, 5.41) is 19.5. The van der Waals surface area contributed by atoms with E-state index >= 15 is 0 Å². The number of fused-ring (bicyclic) bond motifs is 4. The number of ether oxygens (including phenoxy) is 1. The van der Waals surface area contributed by atoms with Crippen molar-refractivity contribution in [1.29, 1.82) is 0 Å². The number of nitrogens with zero attached hydrogens (tertiary/aromatic N) is 1. The Kier molecular flexibility index (Phi) is 4.62. The van der Waals surface area contributed by atoms with Crippen LogP contribution in [-0.2, 0) is 16.0 Å². The second-order valence-corrected chi connectivity index (χ2v) is 7.87. The SMILES string of the molecule is O=C(O)C1c2ccc(O)cc2CCN1C(=O)OCC1c2ccccc2-c2ccccc21. The zero-order chi connectivity index (χ0) is 21.5. The summed E-state index contributed by atoms with van der Waals surface area (Å²) in [5.41, 5.74) is 5.71. The first-order valence-corrected chi connectivity index (χ1v) is 10.2. The van der Waals surface area contributed by atoms with Gasteiger partial charge in [0.1, 0.15) is 12.4 Å². The van der Waals surface area contributed by atoms with E-state index in [9.17, 15) is 19.8 Å². The van der Waals surface area contributed by atoms with E-state index in [-0.39, 0.29) is 24.8 Å². The highest BCUT2D eigenvalue weighted by molar-refractivity contribution is 5.83. The van der Waals surface area contributed by atoms with Crippen LogP contribution in [-0.4, -0.2) is 40.3 Å². The number of aliphatic carboxylic acids is 1. The van der Waals surface area contributed by atoms with Crippen LogP contribution in [0.5, 0.6) is 5.75 Å². The number of amides is 1. The van der Waals surface area contributed by atoms with Crippen molar-refractivity contribution >= 4 is 12.1 Å². The highest BCUT2D eigenvalue weighted by Crippen LogP contribution is 2.44. The average molecular weight is 415 g/mol. The number of benzene rings is 3. The number of carboxylic acids is 1. The fourth-order valence-electron chi connectivity index (χ4n) is 4.75. The number of phenolic OH excluding ortho intramolecular Hbond substituents is 1. The molecule has 156 valence electrons. The van der Waals surface area contributed by atoms with Gasteiger partial charge < -0.3 is 14.9 Å². The molecule has 1 amide bonds. The van der Waals surface area contributed by atoms with Gasteiger partial charge in [-0.15, -0.1) is 0 Å². The smallest absolute Gasteiger partial charge is 0.410 e. The van der Waals surface area contributed by atoms with Crippen LogP contribution in [0.3, 0.4) is 0 Å². The number of carbonyl (C=O) groups is 2. The lowest BCUT2D eigenvalue weighted by atomic mass is 9.92. The maximum absolute atomic E-state index is 13.0. The van der Waals surface area contributed by atoms with Crippen LogP contribution in [0, 0.1) is 0 Å². The lowest BCUT2D eigenvalue weighted by Gasteiger charge is -2.34. The second kappa shape index (κ2) is 7.47. The van der Waals surface area contributed by atoms with Crippen molar-refractivity contribution in [2.75, 3.05) is 13.2 Å². The molecular weight excluding hydrogens is 394 g/mol. The molecule has 5 rings (SSSR count). The summed E-state index contributed by atoms with van der Waals surface area (Å²) >= 11 is 0. The van der Waals surface area contributed by atoms with Crippen molar-refractivity contribution in [3.63, 3.8) is 0 Å². The van der Waals surface area contributed by atoms with Crippen molar-refractivity contribution in [3.8, 4) is 16.9 Å². The number of hydrogen-bond acceptors (Lipinski definition) is 4. The standard InChI is InChI=1S/C25H21NO5/c27-16-9-10-17-15(13-16)11-12-26(23(17)24(28)29)25(30)31-14-22-20-7-3-1-5-18(20)19-6-2-4-8-21(19)22/h1-10,13,22-23,27H,11-12,14H2,(H,28,29). The van der Waals surface area contributed by atoms with E-state index in [1.54, 1.807) is 12.1 Å². The molecule has 1 heterocycles. The molecule has 0 saturated carbocycles. The summed E-state index contributed by atoms with van der Waals surface area (Å²) < 4.78 is 5.67. The van der Waals surface area contributed by atoms with E-state index in [0.29, 0.717) is 12.0 Å². The summed E-state index contributed by atoms with van der Waals surface area (Å²) in [5.74, 6) is -1.13. The molecule has 3 aromatic rings. The van der Waals surface area contributed by atoms with E-state index in [2.05, 4.69) is 12.1 Å². The first-order chi connectivity index (χ1) is 15.0. The van der Waals surface area contributed by atoms with Gasteiger partial charge in [-0.2, -0.15) is 0 Å². The van der Waals surface area contributed by atoms with Gasteiger partial charge in [0.15, 0.2) is 6.04 Å². The van der Waals surface area contributed by atoms with Gasteiger partial charge in [0.25, 0.3) is 0 Å². The lowest BCUT2D eigenvalue weighted by molar-refractivity contribution is -0.143. The van der Waals surface area contributed by atoms with Gasteiger partial charge in [0.05, 0.1) is 0 Å². The Bertz CT molecular complexity index is 1140. The minimum atomic E-state index is -1.14. The molecule has 1 aliphatic heterocycles. The highest BCUT2D eigenvalue weighted by Gasteiger charge is 2.38. The number of hydrogen-bond donors (Lipinski definition) is 2. The highest BCUT2D eigenvalue weighted by atomic mass is 16.6. The van der Waals surface area contributed by atoms with Gasteiger partial charge in [0, 0.05) is 12.5 Å². The third-order valence-electron chi connectivity index (χ3n) is 6.16. The second-order valence-electron chi connectivity index (χ2n) is 7.87. The molecule has 0 bridgehead atoms. The zero-order valence-electron chi connectivity index (χ0n) is 16.7. The monoisotopic (exact) mass is 415 g/mol. The minimum Gasteiger partial charge on any atom is -0.508 e. The zero-order valence-corrected chi connectivity index (χ0v) is 16.7. The maximum atomic E-state index is 13.0. The molecule has 0 saturated heterocycles. The topological polar surface area (TPSA) is 87.1 Å². The summed E-state index contributed by atoms with van der Waals surface area (Å²) in [6.07, 6.45) is -0.189. The van der Waals surface area contributed by atoms with Gasteiger partial charge >= 0.3 is 12.1 Å². The lowest BCUT2D eigenvalue weighted by Crippen LogP contribution is -2.44. The average Bonchev–Trinajstić information content (AvgIpc) is 3.10. The number of rotatable bonds is 3. The Morgan fingerprint density at radius 2 is 1.58 bits per heavy atom. The van der Waals surface area contributed by atoms with Crippen LogP contribution in [0.15, 0.2) is 66.7 Å². The third kappa shape index (κ3) is 3.20. The van der Waals surface area contributed by atoms with Crippen molar-refractivity contribution < 1.29 is 24.5 Å². The minimum absolute atomic E-state index is 0.0810.